The SMILES string of the molecule is CCN(CC)CCNC(=O)c1ccc2c(c1)C1C=CCC1C(c1cccc(Cl)c1)N2. The third kappa shape index (κ3) is 4.26. The molecule has 0 saturated heterocycles. The first-order chi connectivity index (χ1) is 14.6. The summed E-state index contributed by atoms with van der Waals surface area (Å²) in [5, 5.41) is 7.55. The summed E-state index contributed by atoms with van der Waals surface area (Å²) in [6.45, 7) is 7.83. The van der Waals surface area contributed by atoms with E-state index >= 15 is 0 Å². The molecule has 3 atom stereocenters. The number of fused-ring (bicyclic) bond motifs is 3. The molecule has 4 nitrogen and oxygen atoms in total. The van der Waals surface area contributed by atoms with E-state index in [4.69, 9.17) is 11.6 Å². The van der Waals surface area contributed by atoms with Crippen molar-refractivity contribution in [2.45, 2.75) is 32.2 Å². The summed E-state index contributed by atoms with van der Waals surface area (Å²) in [5.74, 6) is 0.742. The topological polar surface area (TPSA) is 44.4 Å². The molecule has 158 valence electrons. The van der Waals surface area contributed by atoms with Crippen LogP contribution >= 0.6 is 11.6 Å². The fraction of sp³-hybridized carbons (Fsp3) is 0.400. The van der Waals surface area contributed by atoms with Gasteiger partial charge in [-0.1, -0.05) is 49.7 Å². The molecule has 0 bridgehead atoms. The van der Waals surface area contributed by atoms with Crippen LogP contribution in [0.25, 0.3) is 0 Å². The van der Waals surface area contributed by atoms with Crippen LogP contribution in [0.3, 0.4) is 0 Å². The molecule has 0 radical (unpaired) electrons. The van der Waals surface area contributed by atoms with Gasteiger partial charge in [-0.3, -0.25) is 4.79 Å². The van der Waals surface area contributed by atoms with Crippen LogP contribution in [0, 0.1) is 5.92 Å². The number of nitrogens with zero attached hydrogens (tertiary/aromatic N) is 1. The highest BCUT2D eigenvalue weighted by molar-refractivity contribution is 6.30. The van der Waals surface area contributed by atoms with E-state index in [1.165, 1.54) is 11.1 Å². The summed E-state index contributed by atoms with van der Waals surface area (Å²) >= 11 is 6.25. The standard InChI is InChI=1S/C25H30ClN3O/c1-3-29(4-2)14-13-27-25(30)18-11-12-23-22(16-18)20-9-6-10-21(20)24(28-23)17-7-5-8-19(26)15-17/h5-9,11-12,15-16,20-21,24,28H,3-4,10,13-14H2,1-2H3,(H,27,30). The summed E-state index contributed by atoms with van der Waals surface area (Å²) in [5.41, 5.74) is 4.26. The summed E-state index contributed by atoms with van der Waals surface area (Å²) < 4.78 is 0. The zero-order valence-electron chi connectivity index (χ0n) is 17.7. The van der Waals surface area contributed by atoms with Gasteiger partial charge < -0.3 is 15.5 Å². The van der Waals surface area contributed by atoms with Gasteiger partial charge in [0, 0.05) is 35.3 Å². The molecule has 30 heavy (non-hydrogen) atoms. The Morgan fingerprint density at radius 3 is 2.80 bits per heavy atom. The fourth-order valence-corrected chi connectivity index (χ4v) is 4.93. The average Bonchev–Trinajstić information content (AvgIpc) is 3.26. The molecule has 3 unspecified atom stereocenters. The fourth-order valence-electron chi connectivity index (χ4n) is 4.74. The number of anilines is 1. The van der Waals surface area contributed by atoms with Gasteiger partial charge in [0.25, 0.3) is 5.91 Å². The average molecular weight is 424 g/mol. The van der Waals surface area contributed by atoms with Gasteiger partial charge in [-0.05, 0) is 66.9 Å². The van der Waals surface area contributed by atoms with Crippen molar-refractivity contribution in [1.29, 1.82) is 0 Å². The number of carbonyl (C=O) groups excluding carboxylic acids is 1. The number of hydrogen-bond acceptors (Lipinski definition) is 3. The van der Waals surface area contributed by atoms with Crippen molar-refractivity contribution in [2.24, 2.45) is 5.92 Å². The highest BCUT2D eigenvalue weighted by Gasteiger charge is 2.38. The number of carbonyl (C=O) groups is 1. The maximum atomic E-state index is 12.7. The van der Waals surface area contributed by atoms with E-state index in [-0.39, 0.29) is 11.9 Å². The molecule has 1 aliphatic carbocycles. The van der Waals surface area contributed by atoms with Crippen LogP contribution in [0.1, 0.15) is 53.7 Å². The minimum absolute atomic E-state index is 0.000414. The van der Waals surface area contributed by atoms with Crippen LogP contribution in [0.5, 0.6) is 0 Å². The molecule has 1 amide bonds. The van der Waals surface area contributed by atoms with Gasteiger partial charge in [-0.25, -0.2) is 0 Å². The monoisotopic (exact) mass is 423 g/mol. The zero-order chi connectivity index (χ0) is 21.1. The summed E-state index contributed by atoms with van der Waals surface area (Å²) in [6.07, 6.45) is 5.58. The Bertz CT molecular complexity index is 938. The Balaban J connectivity index is 1.52. The largest absolute Gasteiger partial charge is 0.378 e. The van der Waals surface area contributed by atoms with Crippen LogP contribution in [0.2, 0.25) is 5.02 Å². The number of likely N-dealkylation sites (N-methyl/N-ethyl adjacent to an activating group) is 1. The lowest BCUT2D eigenvalue weighted by atomic mass is 9.76. The normalized spacial score (nSPS) is 21.8. The first-order valence-corrected chi connectivity index (χ1v) is 11.3. The second-order valence-electron chi connectivity index (χ2n) is 8.12. The molecule has 0 saturated carbocycles. The molecule has 0 fully saturated rings. The van der Waals surface area contributed by atoms with Gasteiger partial charge in [-0.15, -0.1) is 0 Å². The molecule has 1 aliphatic heterocycles. The van der Waals surface area contributed by atoms with Crippen molar-refractivity contribution in [3.8, 4) is 0 Å². The van der Waals surface area contributed by atoms with Gasteiger partial charge in [0.1, 0.15) is 0 Å². The number of benzene rings is 2. The van der Waals surface area contributed by atoms with Gasteiger partial charge >= 0.3 is 0 Å². The molecular weight excluding hydrogens is 394 g/mol. The first-order valence-electron chi connectivity index (χ1n) is 10.9. The van der Waals surface area contributed by atoms with Gasteiger partial charge in [-0.2, -0.15) is 0 Å². The number of amides is 1. The van der Waals surface area contributed by atoms with Gasteiger partial charge in [0.15, 0.2) is 0 Å². The number of nitrogens with one attached hydrogen (secondary N) is 2. The maximum Gasteiger partial charge on any atom is 0.251 e. The lowest BCUT2D eigenvalue weighted by Gasteiger charge is -2.37. The van der Waals surface area contributed by atoms with Crippen molar-refractivity contribution < 1.29 is 4.79 Å². The molecule has 2 N–H and O–H groups in total. The molecule has 0 spiro atoms. The van der Waals surface area contributed by atoms with Crippen molar-refractivity contribution in [3.05, 3.63) is 76.3 Å². The van der Waals surface area contributed by atoms with Crippen molar-refractivity contribution in [2.75, 3.05) is 31.5 Å². The Kier molecular flexibility index (Phi) is 6.45. The van der Waals surface area contributed by atoms with E-state index < -0.39 is 0 Å². The summed E-state index contributed by atoms with van der Waals surface area (Å²) in [4.78, 5) is 15.0. The van der Waals surface area contributed by atoms with Crippen LogP contribution in [-0.2, 0) is 0 Å². The Morgan fingerprint density at radius 1 is 1.20 bits per heavy atom. The predicted molar refractivity (Wildman–Crippen MR) is 124 cm³/mol. The quantitative estimate of drug-likeness (QED) is 0.598. The highest BCUT2D eigenvalue weighted by atomic mass is 35.5. The lowest BCUT2D eigenvalue weighted by molar-refractivity contribution is 0.0949. The second-order valence-corrected chi connectivity index (χ2v) is 8.55. The Labute approximate surface area is 184 Å². The molecule has 0 aromatic heterocycles. The van der Waals surface area contributed by atoms with E-state index in [9.17, 15) is 4.79 Å². The van der Waals surface area contributed by atoms with Crippen molar-refractivity contribution >= 4 is 23.2 Å². The van der Waals surface area contributed by atoms with Crippen LogP contribution in [-0.4, -0.2) is 37.0 Å². The Hall–Kier alpha value is -2.30. The molecule has 2 aliphatic rings. The van der Waals surface area contributed by atoms with Crippen molar-refractivity contribution in [1.82, 2.24) is 10.2 Å². The van der Waals surface area contributed by atoms with Gasteiger partial charge in [0.2, 0.25) is 0 Å². The molecule has 5 heteroatoms. The van der Waals surface area contributed by atoms with E-state index in [1.54, 1.807) is 0 Å². The predicted octanol–water partition coefficient (Wildman–Crippen LogP) is 5.24. The third-order valence-corrected chi connectivity index (χ3v) is 6.68. The van der Waals surface area contributed by atoms with E-state index in [2.05, 4.69) is 65.8 Å². The van der Waals surface area contributed by atoms with Crippen LogP contribution in [0.15, 0.2) is 54.6 Å². The Morgan fingerprint density at radius 2 is 2.03 bits per heavy atom. The molecule has 1 heterocycles. The molecule has 4 rings (SSSR count). The van der Waals surface area contributed by atoms with E-state index in [0.717, 1.165) is 42.3 Å². The minimum Gasteiger partial charge on any atom is -0.378 e. The first kappa shape index (κ1) is 21.0. The summed E-state index contributed by atoms with van der Waals surface area (Å²) in [7, 11) is 0. The molecular formula is C25H30ClN3O. The maximum absolute atomic E-state index is 12.7. The number of halogens is 1. The second kappa shape index (κ2) is 9.23. The smallest absolute Gasteiger partial charge is 0.251 e. The number of allylic oxidation sites excluding steroid dienone is 2. The van der Waals surface area contributed by atoms with Crippen LogP contribution < -0.4 is 10.6 Å². The zero-order valence-corrected chi connectivity index (χ0v) is 18.5. The van der Waals surface area contributed by atoms with Crippen molar-refractivity contribution in [3.63, 3.8) is 0 Å². The molecule has 2 aromatic rings. The molecule has 2 aromatic carbocycles. The summed E-state index contributed by atoms with van der Waals surface area (Å²) in [6, 6.07) is 14.4. The minimum atomic E-state index is 0.000414. The highest BCUT2D eigenvalue weighted by Crippen LogP contribution is 2.50. The van der Waals surface area contributed by atoms with Crippen LogP contribution in [0.4, 0.5) is 5.69 Å². The van der Waals surface area contributed by atoms with E-state index in [0.29, 0.717) is 18.4 Å². The number of rotatable bonds is 7. The van der Waals surface area contributed by atoms with E-state index in [1.807, 2.05) is 18.2 Å². The number of hydrogen-bond donors (Lipinski definition) is 2. The third-order valence-electron chi connectivity index (χ3n) is 6.44. The lowest BCUT2D eigenvalue weighted by Crippen LogP contribution is -2.35. The van der Waals surface area contributed by atoms with Gasteiger partial charge in [0.05, 0.1) is 6.04 Å².